The van der Waals surface area contributed by atoms with E-state index in [1.165, 1.54) is 0 Å². The molecule has 2 aliphatic rings. The molecule has 0 aromatic rings. The molecule has 0 aliphatic heterocycles. The van der Waals surface area contributed by atoms with Gasteiger partial charge in [0, 0.05) is 0 Å². The smallest absolute Gasteiger partial charge is 0.310 e. The van der Waals surface area contributed by atoms with Crippen LogP contribution in [0.2, 0.25) is 0 Å². The summed E-state index contributed by atoms with van der Waals surface area (Å²) in [4.78, 5) is 12.6. The second-order valence-electron chi connectivity index (χ2n) is 7.87. The molecule has 6 unspecified atom stereocenters. The van der Waals surface area contributed by atoms with Crippen molar-refractivity contribution in [2.45, 2.75) is 65.4 Å². The minimum absolute atomic E-state index is 0.0326. The number of esters is 1. The van der Waals surface area contributed by atoms with Crippen LogP contribution < -0.4 is 0 Å². The van der Waals surface area contributed by atoms with Crippen LogP contribution >= 0.6 is 0 Å². The van der Waals surface area contributed by atoms with Gasteiger partial charge in [0.2, 0.25) is 0 Å². The highest BCUT2D eigenvalue weighted by molar-refractivity contribution is 5.74. The highest BCUT2D eigenvalue weighted by Gasteiger charge is 2.42. The van der Waals surface area contributed by atoms with Gasteiger partial charge in [0.15, 0.2) is 0 Å². The Balaban J connectivity index is 1.90. The van der Waals surface area contributed by atoms with Gasteiger partial charge < -0.3 is 4.74 Å². The molecule has 2 rings (SSSR count). The first-order valence-corrected chi connectivity index (χ1v) is 8.90. The van der Waals surface area contributed by atoms with Gasteiger partial charge in [-0.1, -0.05) is 39.0 Å². The minimum Gasteiger partial charge on any atom is -0.459 e. The van der Waals surface area contributed by atoms with Crippen LogP contribution in [-0.4, -0.2) is 11.6 Å². The van der Waals surface area contributed by atoms with Crippen molar-refractivity contribution in [1.82, 2.24) is 0 Å². The molecule has 6 atom stereocenters. The number of allylic oxidation sites excluding steroid dienone is 3. The zero-order valence-corrected chi connectivity index (χ0v) is 14.7. The number of carbonyl (C=O) groups is 1. The lowest BCUT2D eigenvalue weighted by atomic mass is 9.85. The molecule has 2 aliphatic carbocycles. The summed E-state index contributed by atoms with van der Waals surface area (Å²) in [5, 5.41) is 0. The summed E-state index contributed by atoms with van der Waals surface area (Å²) < 4.78 is 6.01. The van der Waals surface area contributed by atoms with E-state index in [4.69, 9.17) is 4.74 Å². The summed E-state index contributed by atoms with van der Waals surface area (Å²) in [5.41, 5.74) is -0.330. The average molecular weight is 304 g/mol. The Morgan fingerprint density at radius 3 is 2.64 bits per heavy atom. The van der Waals surface area contributed by atoms with Crippen LogP contribution in [0.4, 0.5) is 0 Å². The Morgan fingerprint density at radius 1 is 1.41 bits per heavy atom. The number of fused-ring (bicyclic) bond motifs is 2. The van der Waals surface area contributed by atoms with E-state index in [0.717, 1.165) is 32.1 Å². The van der Waals surface area contributed by atoms with Crippen molar-refractivity contribution >= 4 is 5.97 Å². The van der Waals surface area contributed by atoms with E-state index < -0.39 is 0 Å². The molecule has 1 fully saturated rings. The zero-order chi connectivity index (χ0) is 16.3. The number of rotatable bonds is 8. The Morgan fingerprint density at radius 2 is 2.14 bits per heavy atom. The van der Waals surface area contributed by atoms with Crippen LogP contribution in [0, 0.1) is 29.6 Å². The van der Waals surface area contributed by atoms with Crippen LogP contribution in [-0.2, 0) is 9.53 Å². The second kappa shape index (κ2) is 7.02. The molecule has 0 N–H and O–H groups in total. The lowest BCUT2D eigenvalue weighted by Crippen LogP contribution is -2.36. The Bertz CT molecular complexity index is 439. The largest absolute Gasteiger partial charge is 0.459 e. The van der Waals surface area contributed by atoms with E-state index in [0.29, 0.717) is 23.7 Å². The lowest BCUT2D eigenvalue weighted by molar-refractivity contribution is -0.166. The predicted molar refractivity (Wildman–Crippen MR) is 91.4 cm³/mol. The average Bonchev–Trinajstić information content (AvgIpc) is 3.09. The van der Waals surface area contributed by atoms with Crippen LogP contribution in [0.15, 0.2) is 24.8 Å². The second-order valence-corrected chi connectivity index (χ2v) is 7.87. The topological polar surface area (TPSA) is 26.3 Å². The van der Waals surface area contributed by atoms with Crippen LogP contribution in [0.3, 0.4) is 0 Å². The van der Waals surface area contributed by atoms with Crippen molar-refractivity contribution < 1.29 is 9.53 Å². The van der Waals surface area contributed by atoms with Crippen LogP contribution in [0.1, 0.15) is 59.8 Å². The van der Waals surface area contributed by atoms with Crippen LogP contribution in [0.25, 0.3) is 0 Å². The molecule has 22 heavy (non-hydrogen) atoms. The van der Waals surface area contributed by atoms with Gasteiger partial charge in [0.1, 0.15) is 5.60 Å². The lowest BCUT2D eigenvalue weighted by Gasteiger charge is -2.33. The molecular weight excluding hydrogens is 272 g/mol. The molecular formula is C20H32O2. The fourth-order valence-electron chi connectivity index (χ4n) is 4.18. The fraction of sp³-hybridized carbons (Fsp3) is 0.750. The van der Waals surface area contributed by atoms with E-state index in [1.807, 2.05) is 6.08 Å². The maximum absolute atomic E-state index is 12.6. The normalized spacial score (nSPS) is 31.5. The first-order valence-electron chi connectivity index (χ1n) is 8.90. The summed E-state index contributed by atoms with van der Waals surface area (Å²) in [6.07, 6.45) is 11.6. The van der Waals surface area contributed by atoms with Crippen molar-refractivity contribution in [2.75, 3.05) is 0 Å². The van der Waals surface area contributed by atoms with Gasteiger partial charge in [-0.2, -0.15) is 0 Å². The van der Waals surface area contributed by atoms with Gasteiger partial charge >= 0.3 is 5.97 Å². The highest BCUT2D eigenvalue weighted by Crippen LogP contribution is 2.44. The summed E-state index contributed by atoms with van der Waals surface area (Å²) >= 11 is 0. The van der Waals surface area contributed by atoms with E-state index in [1.54, 1.807) is 0 Å². The molecule has 0 aromatic carbocycles. The maximum atomic E-state index is 12.6. The first kappa shape index (κ1) is 17.3. The van der Waals surface area contributed by atoms with Crippen LogP contribution in [0.5, 0.6) is 0 Å². The SMILES string of the molecule is C=CC(C)CC(C)CC(C)(CC)OC(=O)C1CC2C=CC1C2. The highest BCUT2D eigenvalue weighted by atomic mass is 16.6. The molecule has 0 saturated heterocycles. The van der Waals surface area contributed by atoms with Crippen molar-refractivity contribution in [3.63, 3.8) is 0 Å². The Labute approximate surface area is 136 Å². The molecule has 0 spiro atoms. The van der Waals surface area contributed by atoms with E-state index in [-0.39, 0.29) is 17.5 Å². The van der Waals surface area contributed by atoms with Gasteiger partial charge in [-0.15, -0.1) is 6.58 Å². The quantitative estimate of drug-likeness (QED) is 0.458. The van der Waals surface area contributed by atoms with Gasteiger partial charge in [0.05, 0.1) is 5.92 Å². The maximum Gasteiger partial charge on any atom is 0.310 e. The molecule has 0 heterocycles. The number of hydrogen-bond donors (Lipinski definition) is 0. The van der Waals surface area contributed by atoms with Gasteiger partial charge in [-0.25, -0.2) is 0 Å². The van der Waals surface area contributed by atoms with Gasteiger partial charge in [0.25, 0.3) is 0 Å². The standard InChI is InChI=1S/C20H32O2/c1-6-14(3)10-15(4)13-20(5,7-2)22-19(21)18-12-16-8-9-17(18)11-16/h6,8-9,14-18H,1,7,10-13H2,2-5H3. The van der Waals surface area contributed by atoms with E-state index in [2.05, 4.69) is 46.4 Å². The molecule has 1 saturated carbocycles. The van der Waals surface area contributed by atoms with Crippen molar-refractivity contribution in [1.29, 1.82) is 0 Å². The summed E-state index contributed by atoms with van der Waals surface area (Å²) in [6.45, 7) is 12.5. The minimum atomic E-state index is -0.330. The number of hydrogen-bond acceptors (Lipinski definition) is 2. The summed E-state index contributed by atoms with van der Waals surface area (Å²) in [5.74, 6) is 2.22. The molecule has 0 amide bonds. The van der Waals surface area contributed by atoms with E-state index >= 15 is 0 Å². The van der Waals surface area contributed by atoms with E-state index in [9.17, 15) is 4.79 Å². The molecule has 2 heteroatoms. The molecule has 2 bridgehead atoms. The summed E-state index contributed by atoms with van der Waals surface area (Å²) in [7, 11) is 0. The first-order chi connectivity index (χ1) is 10.4. The molecule has 0 radical (unpaired) electrons. The monoisotopic (exact) mass is 304 g/mol. The number of carbonyl (C=O) groups excluding carboxylic acids is 1. The van der Waals surface area contributed by atoms with Gasteiger partial charge in [-0.3, -0.25) is 4.79 Å². The van der Waals surface area contributed by atoms with Crippen molar-refractivity contribution in [2.24, 2.45) is 29.6 Å². The third kappa shape index (κ3) is 4.02. The fourth-order valence-corrected chi connectivity index (χ4v) is 4.18. The number of ether oxygens (including phenoxy) is 1. The summed E-state index contributed by atoms with van der Waals surface area (Å²) in [6, 6.07) is 0. The van der Waals surface area contributed by atoms with Crippen molar-refractivity contribution in [3.05, 3.63) is 24.8 Å². The Kier molecular flexibility index (Phi) is 5.52. The Hall–Kier alpha value is -1.05. The third-order valence-electron chi connectivity index (χ3n) is 5.63. The molecule has 0 aromatic heterocycles. The zero-order valence-electron chi connectivity index (χ0n) is 14.7. The van der Waals surface area contributed by atoms with Crippen molar-refractivity contribution in [3.8, 4) is 0 Å². The molecule has 124 valence electrons. The predicted octanol–water partition coefficient (Wildman–Crippen LogP) is 5.15. The van der Waals surface area contributed by atoms with Gasteiger partial charge in [-0.05, 0) is 62.7 Å². The third-order valence-corrected chi connectivity index (χ3v) is 5.63. The molecule has 2 nitrogen and oxygen atoms in total.